The number of ether oxygens (including phenoxy) is 2. The van der Waals surface area contributed by atoms with E-state index < -0.39 is 0 Å². The second-order valence-corrected chi connectivity index (χ2v) is 8.31. The van der Waals surface area contributed by atoms with Gasteiger partial charge in [0.25, 0.3) is 0 Å². The number of rotatable bonds is 5. The van der Waals surface area contributed by atoms with Gasteiger partial charge in [0.15, 0.2) is 11.5 Å². The lowest BCUT2D eigenvalue weighted by molar-refractivity contribution is 0.355. The Kier molecular flexibility index (Phi) is 5.25. The first-order chi connectivity index (χ1) is 15.6. The molecule has 5 rings (SSSR count). The molecule has 0 saturated heterocycles. The SMILES string of the molecule is COc1ccc(-c2cc(=NNc3nc4ccccc4s3)c3cc(C)ccc3o2)cc1OC. The van der Waals surface area contributed by atoms with Gasteiger partial charge in [-0.1, -0.05) is 35.1 Å². The Morgan fingerprint density at radius 3 is 2.59 bits per heavy atom. The van der Waals surface area contributed by atoms with E-state index in [9.17, 15) is 0 Å². The van der Waals surface area contributed by atoms with Crippen molar-refractivity contribution in [2.75, 3.05) is 19.6 Å². The molecule has 0 atom stereocenters. The van der Waals surface area contributed by atoms with E-state index in [0.29, 0.717) is 17.3 Å². The Balaban J connectivity index is 1.63. The summed E-state index contributed by atoms with van der Waals surface area (Å²) in [6.07, 6.45) is 0. The summed E-state index contributed by atoms with van der Waals surface area (Å²) in [4.78, 5) is 4.61. The van der Waals surface area contributed by atoms with Crippen LogP contribution in [0.25, 0.3) is 32.5 Å². The number of benzene rings is 3. The third kappa shape index (κ3) is 3.78. The normalized spacial score (nSPS) is 11.8. The molecule has 7 heteroatoms. The van der Waals surface area contributed by atoms with E-state index in [-0.39, 0.29) is 0 Å². The van der Waals surface area contributed by atoms with Gasteiger partial charge in [-0.2, -0.15) is 5.10 Å². The number of hydrogen-bond donors (Lipinski definition) is 1. The van der Waals surface area contributed by atoms with Gasteiger partial charge in [-0.15, -0.1) is 0 Å². The lowest BCUT2D eigenvalue weighted by atomic mass is 10.1. The highest BCUT2D eigenvalue weighted by Gasteiger charge is 2.11. The zero-order valence-electron chi connectivity index (χ0n) is 17.9. The number of para-hydroxylation sites is 1. The highest BCUT2D eigenvalue weighted by Crippen LogP contribution is 2.33. The minimum absolute atomic E-state index is 0.635. The van der Waals surface area contributed by atoms with E-state index in [1.807, 2.05) is 67.6 Å². The molecular weight excluding hydrogens is 422 g/mol. The van der Waals surface area contributed by atoms with Gasteiger partial charge in [0.2, 0.25) is 5.13 Å². The molecule has 0 aliphatic carbocycles. The minimum Gasteiger partial charge on any atom is -0.493 e. The molecule has 160 valence electrons. The van der Waals surface area contributed by atoms with Crippen LogP contribution in [0, 0.1) is 6.92 Å². The monoisotopic (exact) mass is 443 g/mol. The van der Waals surface area contributed by atoms with Crippen molar-refractivity contribution in [3.63, 3.8) is 0 Å². The van der Waals surface area contributed by atoms with Crippen molar-refractivity contribution in [1.29, 1.82) is 0 Å². The number of nitrogens with zero attached hydrogens (tertiary/aromatic N) is 2. The van der Waals surface area contributed by atoms with E-state index >= 15 is 0 Å². The summed E-state index contributed by atoms with van der Waals surface area (Å²) in [5, 5.41) is 7.10. The minimum atomic E-state index is 0.635. The van der Waals surface area contributed by atoms with Crippen LogP contribution in [0.5, 0.6) is 11.5 Å². The van der Waals surface area contributed by atoms with Gasteiger partial charge >= 0.3 is 0 Å². The average molecular weight is 444 g/mol. The Morgan fingerprint density at radius 1 is 0.938 bits per heavy atom. The number of aryl methyl sites for hydroxylation is 1. The summed E-state index contributed by atoms with van der Waals surface area (Å²) < 4.78 is 18.1. The van der Waals surface area contributed by atoms with Gasteiger partial charge in [0.05, 0.1) is 29.8 Å². The van der Waals surface area contributed by atoms with Gasteiger partial charge in [-0.25, -0.2) is 4.98 Å². The third-order valence-electron chi connectivity index (χ3n) is 5.13. The van der Waals surface area contributed by atoms with Crippen LogP contribution >= 0.6 is 11.3 Å². The zero-order valence-corrected chi connectivity index (χ0v) is 18.7. The molecule has 0 saturated carbocycles. The molecule has 0 amide bonds. The Bertz CT molecular complexity index is 1470. The van der Waals surface area contributed by atoms with Crippen molar-refractivity contribution < 1.29 is 13.9 Å². The molecule has 0 radical (unpaired) electrons. The number of thiazole rings is 1. The topological polar surface area (TPSA) is 68.9 Å². The number of fused-ring (bicyclic) bond motifs is 2. The molecule has 0 fully saturated rings. The summed E-state index contributed by atoms with van der Waals surface area (Å²) in [7, 11) is 3.23. The van der Waals surface area contributed by atoms with Crippen molar-refractivity contribution in [2.45, 2.75) is 6.92 Å². The largest absolute Gasteiger partial charge is 0.493 e. The molecule has 5 aromatic rings. The van der Waals surface area contributed by atoms with Gasteiger partial charge in [-0.3, -0.25) is 5.43 Å². The molecular formula is C25H21N3O3S. The first-order valence-electron chi connectivity index (χ1n) is 10.1. The van der Waals surface area contributed by atoms with Crippen molar-refractivity contribution in [3.05, 3.63) is 77.7 Å². The molecule has 0 unspecified atom stereocenters. The van der Waals surface area contributed by atoms with Crippen LogP contribution < -0.4 is 20.3 Å². The first kappa shape index (κ1) is 20.1. The van der Waals surface area contributed by atoms with Crippen LogP contribution in [0.3, 0.4) is 0 Å². The molecule has 0 aliphatic heterocycles. The summed E-state index contributed by atoms with van der Waals surface area (Å²) in [6.45, 7) is 2.05. The molecule has 0 spiro atoms. The van der Waals surface area contributed by atoms with E-state index in [2.05, 4.69) is 21.6 Å². The van der Waals surface area contributed by atoms with Crippen molar-refractivity contribution in [2.24, 2.45) is 5.10 Å². The second-order valence-electron chi connectivity index (χ2n) is 7.28. The molecule has 2 aromatic heterocycles. The molecule has 3 aromatic carbocycles. The lowest BCUT2D eigenvalue weighted by Gasteiger charge is -2.10. The van der Waals surface area contributed by atoms with Gasteiger partial charge in [0, 0.05) is 17.0 Å². The number of hydrogen-bond acceptors (Lipinski definition) is 7. The maximum Gasteiger partial charge on any atom is 0.204 e. The molecule has 6 nitrogen and oxygen atoms in total. The summed E-state index contributed by atoms with van der Waals surface area (Å²) in [5.74, 6) is 1.97. The summed E-state index contributed by atoms with van der Waals surface area (Å²) in [5.41, 5.74) is 6.81. The highest BCUT2D eigenvalue weighted by molar-refractivity contribution is 7.22. The van der Waals surface area contributed by atoms with E-state index in [1.54, 1.807) is 25.6 Å². The van der Waals surface area contributed by atoms with Crippen LogP contribution in [0.15, 0.2) is 76.2 Å². The zero-order chi connectivity index (χ0) is 22.1. The van der Waals surface area contributed by atoms with Crippen LogP contribution in [0.1, 0.15) is 5.56 Å². The Morgan fingerprint density at radius 2 is 1.78 bits per heavy atom. The standard InChI is InChI=1S/C25H21N3O3S/c1-15-8-10-20-17(12-15)19(27-28-25-26-18-6-4-5-7-24(18)32-25)14-22(31-20)16-9-11-21(29-2)23(13-16)30-3/h4-14H,1-3H3,(H,26,28). The van der Waals surface area contributed by atoms with Gasteiger partial charge in [-0.05, 0) is 49.4 Å². The van der Waals surface area contributed by atoms with Crippen LogP contribution in [0.2, 0.25) is 0 Å². The quantitative estimate of drug-likeness (QED) is 0.339. The molecule has 32 heavy (non-hydrogen) atoms. The summed E-state index contributed by atoms with van der Waals surface area (Å²) >= 11 is 1.56. The molecule has 0 bridgehead atoms. The van der Waals surface area contributed by atoms with E-state index in [1.165, 1.54) is 0 Å². The molecule has 2 heterocycles. The molecule has 0 aliphatic rings. The maximum absolute atomic E-state index is 6.22. The number of anilines is 1. The number of nitrogens with one attached hydrogen (secondary N) is 1. The molecule has 1 N–H and O–H groups in total. The first-order valence-corrected chi connectivity index (χ1v) is 10.9. The van der Waals surface area contributed by atoms with E-state index in [0.717, 1.165) is 42.8 Å². The fraction of sp³-hybridized carbons (Fsp3) is 0.120. The predicted octanol–water partition coefficient (Wildman–Crippen LogP) is 5.96. The predicted molar refractivity (Wildman–Crippen MR) is 128 cm³/mol. The van der Waals surface area contributed by atoms with Gasteiger partial charge < -0.3 is 13.9 Å². The van der Waals surface area contributed by atoms with Crippen LogP contribution in [-0.2, 0) is 0 Å². The number of aromatic nitrogens is 1. The fourth-order valence-electron chi connectivity index (χ4n) is 3.54. The Labute approximate surface area is 188 Å². The van der Waals surface area contributed by atoms with Crippen molar-refractivity contribution >= 4 is 37.7 Å². The average Bonchev–Trinajstić information content (AvgIpc) is 3.25. The number of methoxy groups -OCH3 is 2. The lowest BCUT2D eigenvalue weighted by Crippen LogP contribution is -2.07. The third-order valence-corrected chi connectivity index (χ3v) is 6.07. The highest BCUT2D eigenvalue weighted by atomic mass is 32.1. The van der Waals surface area contributed by atoms with Gasteiger partial charge in [0.1, 0.15) is 11.3 Å². The second kappa shape index (κ2) is 8.36. The fourth-order valence-corrected chi connectivity index (χ4v) is 4.34. The maximum atomic E-state index is 6.22. The van der Waals surface area contributed by atoms with Crippen LogP contribution in [-0.4, -0.2) is 19.2 Å². The van der Waals surface area contributed by atoms with Crippen molar-refractivity contribution in [1.82, 2.24) is 4.98 Å². The smallest absolute Gasteiger partial charge is 0.204 e. The van der Waals surface area contributed by atoms with E-state index in [4.69, 9.17) is 13.9 Å². The summed E-state index contributed by atoms with van der Waals surface area (Å²) in [6, 6.07) is 21.7. The van der Waals surface area contributed by atoms with Crippen molar-refractivity contribution in [3.8, 4) is 22.8 Å². The van der Waals surface area contributed by atoms with Crippen LogP contribution in [0.4, 0.5) is 5.13 Å². The Hall–Kier alpha value is -3.84.